The summed E-state index contributed by atoms with van der Waals surface area (Å²) in [5.74, 6) is -0.846. The zero-order valence-electron chi connectivity index (χ0n) is 16.3. The minimum atomic E-state index is -0.517. The summed E-state index contributed by atoms with van der Waals surface area (Å²) < 4.78 is 13.6. The first-order valence-corrected chi connectivity index (χ1v) is 9.46. The van der Waals surface area contributed by atoms with Gasteiger partial charge in [-0.1, -0.05) is 48.0 Å². The summed E-state index contributed by atoms with van der Waals surface area (Å²) in [4.78, 5) is 27.7. The van der Waals surface area contributed by atoms with Gasteiger partial charge >= 0.3 is 0 Å². The topological polar surface area (TPSA) is 49.4 Å². The quantitative estimate of drug-likeness (QED) is 0.696. The predicted molar refractivity (Wildman–Crippen MR) is 110 cm³/mol. The van der Waals surface area contributed by atoms with Crippen LogP contribution in [0.15, 0.2) is 66.7 Å². The zero-order chi connectivity index (χ0) is 20.5. The number of anilines is 1. The molecule has 0 fully saturated rings. The van der Waals surface area contributed by atoms with Crippen molar-refractivity contribution in [1.29, 1.82) is 0 Å². The number of fused-ring (bicyclic) bond motifs is 1. The Hall–Kier alpha value is -3.47. The number of benzene rings is 3. The molecule has 0 bridgehead atoms. The Kier molecular flexibility index (Phi) is 4.89. The highest BCUT2D eigenvalue weighted by atomic mass is 19.1. The van der Waals surface area contributed by atoms with E-state index >= 15 is 0 Å². The SMILES string of the molecule is Cc1ccc2c(c1)[C@@H](c1ccc(F)cc1)N(C(=O)c1ccccc1C)CC(=O)N2. The Morgan fingerprint density at radius 1 is 1.03 bits per heavy atom. The van der Waals surface area contributed by atoms with Gasteiger partial charge in [0, 0.05) is 16.8 Å². The highest BCUT2D eigenvalue weighted by Crippen LogP contribution is 2.37. The van der Waals surface area contributed by atoms with Crippen LogP contribution < -0.4 is 5.32 Å². The van der Waals surface area contributed by atoms with Gasteiger partial charge in [0.05, 0.1) is 6.04 Å². The molecule has 4 rings (SSSR count). The molecular weight excluding hydrogens is 367 g/mol. The lowest BCUT2D eigenvalue weighted by molar-refractivity contribution is -0.117. The standard InChI is InChI=1S/C24H21FN2O2/c1-15-7-12-21-20(13-15)23(17-8-10-18(25)11-9-17)27(14-22(28)26-21)24(29)19-6-4-3-5-16(19)2/h3-13,23H,14H2,1-2H3,(H,26,28)/t23-/m1/s1. The second-order valence-corrected chi connectivity index (χ2v) is 7.34. The molecule has 0 radical (unpaired) electrons. The molecule has 2 amide bonds. The molecule has 5 heteroatoms. The number of hydrogen-bond donors (Lipinski definition) is 1. The maximum atomic E-state index is 13.6. The van der Waals surface area contributed by atoms with Crippen LogP contribution in [-0.4, -0.2) is 23.3 Å². The van der Waals surface area contributed by atoms with Crippen LogP contribution in [0.4, 0.5) is 10.1 Å². The molecule has 0 unspecified atom stereocenters. The minimum Gasteiger partial charge on any atom is -0.324 e. The number of nitrogens with zero attached hydrogens (tertiary/aromatic N) is 1. The van der Waals surface area contributed by atoms with Crippen LogP contribution in [0.3, 0.4) is 0 Å². The molecular formula is C24H21FN2O2. The van der Waals surface area contributed by atoms with Crippen LogP contribution in [-0.2, 0) is 4.79 Å². The molecule has 3 aromatic carbocycles. The molecule has 1 aliphatic heterocycles. The number of hydrogen-bond acceptors (Lipinski definition) is 2. The fourth-order valence-corrected chi connectivity index (χ4v) is 3.79. The summed E-state index contributed by atoms with van der Waals surface area (Å²) >= 11 is 0. The Morgan fingerprint density at radius 3 is 2.48 bits per heavy atom. The first kappa shape index (κ1) is 18.9. The van der Waals surface area contributed by atoms with E-state index in [2.05, 4.69) is 5.32 Å². The summed E-state index contributed by atoms with van der Waals surface area (Å²) in [6.07, 6.45) is 0. The smallest absolute Gasteiger partial charge is 0.255 e. The lowest BCUT2D eigenvalue weighted by atomic mass is 9.93. The molecule has 0 saturated carbocycles. The largest absolute Gasteiger partial charge is 0.324 e. The number of nitrogens with one attached hydrogen (secondary N) is 1. The molecule has 0 saturated heterocycles. The number of aryl methyl sites for hydroxylation is 2. The Bertz CT molecular complexity index is 1090. The van der Waals surface area contributed by atoms with Gasteiger partial charge in [-0.25, -0.2) is 4.39 Å². The van der Waals surface area contributed by atoms with Crippen LogP contribution in [0, 0.1) is 19.7 Å². The first-order chi connectivity index (χ1) is 13.9. The fourth-order valence-electron chi connectivity index (χ4n) is 3.79. The van der Waals surface area contributed by atoms with E-state index in [0.717, 1.165) is 22.3 Å². The molecule has 1 N–H and O–H groups in total. The van der Waals surface area contributed by atoms with E-state index in [1.807, 2.05) is 50.2 Å². The van der Waals surface area contributed by atoms with E-state index in [1.54, 1.807) is 23.1 Å². The van der Waals surface area contributed by atoms with Gasteiger partial charge in [-0.05, 0) is 49.2 Å². The summed E-state index contributed by atoms with van der Waals surface area (Å²) in [6, 6.07) is 18.6. The number of halogens is 1. The highest BCUT2D eigenvalue weighted by molar-refractivity contribution is 6.02. The average Bonchev–Trinajstić information content (AvgIpc) is 2.84. The van der Waals surface area contributed by atoms with Crippen LogP contribution in [0.2, 0.25) is 0 Å². The Morgan fingerprint density at radius 2 is 1.76 bits per heavy atom. The molecule has 1 heterocycles. The van der Waals surface area contributed by atoms with Crippen LogP contribution in [0.5, 0.6) is 0 Å². The van der Waals surface area contributed by atoms with Gasteiger partial charge < -0.3 is 10.2 Å². The van der Waals surface area contributed by atoms with E-state index in [1.165, 1.54) is 12.1 Å². The maximum absolute atomic E-state index is 13.6. The molecule has 146 valence electrons. The number of rotatable bonds is 2. The summed E-state index contributed by atoms with van der Waals surface area (Å²) in [5.41, 5.74) is 4.61. The highest BCUT2D eigenvalue weighted by Gasteiger charge is 2.34. The zero-order valence-corrected chi connectivity index (χ0v) is 16.3. The number of amides is 2. The third-order valence-electron chi connectivity index (χ3n) is 5.22. The minimum absolute atomic E-state index is 0.0943. The molecule has 4 nitrogen and oxygen atoms in total. The van der Waals surface area contributed by atoms with Gasteiger partial charge in [-0.2, -0.15) is 0 Å². The molecule has 3 aromatic rings. The Balaban J connectivity index is 1.91. The van der Waals surface area contributed by atoms with Gasteiger partial charge in [0.1, 0.15) is 12.4 Å². The van der Waals surface area contributed by atoms with E-state index in [4.69, 9.17) is 0 Å². The number of carbonyl (C=O) groups excluding carboxylic acids is 2. The van der Waals surface area contributed by atoms with Crippen molar-refractivity contribution >= 4 is 17.5 Å². The molecule has 29 heavy (non-hydrogen) atoms. The van der Waals surface area contributed by atoms with E-state index in [-0.39, 0.29) is 24.2 Å². The summed E-state index contributed by atoms with van der Waals surface area (Å²) in [5, 5.41) is 2.90. The van der Waals surface area contributed by atoms with E-state index < -0.39 is 6.04 Å². The average molecular weight is 388 g/mol. The molecule has 1 aliphatic rings. The third kappa shape index (κ3) is 3.63. The lowest BCUT2D eigenvalue weighted by Gasteiger charge is -2.31. The van der Waals surface area contributed by atoms with Gasteiger partial charge in [-0.15, -0.1) is 0 Å². The van der Waals surface area contributed by atoms with Crippen molar-refractivity contribution in [2.45, 2.75) is 19.9 Å². The van der Waals surface area contributed by atoms with Crippen LogP contribution in [0.25, 0.3) is 0 Å². The predicted octanol–water partition coefficient (Wildman–Crippen LogP) is 4.63. The van der Waals surface area contributed by atoms with Gasteiger partial charge in [0.2, 0.25) is 5.91 Å². The van der Waals surface area contributed by atoms with Crippen molar-refractivity contribution in [3.63, 3.8) is 0 Å². The molecule has 0 aliphatic carbocycles. The van der Waals surface area contributed by atoms with Gasteiger partial charge in [0.15, 0.2) is 0 Å². The van der Waals surface area contributed by atoms with Crippen molar-refractivity contribution in [1.82, 2.24) is 4.90 Å². The number of carbonyl (C=O) groups is 2. The van der Waals surface area contributed by atoms with Gasteiger partial charge in [-0.3, -0.25) is 9.59 Å². The fraction of sp³-hybridized carbons (Fsp3) is 0.167. The summed E-state index contributed by atoms with van der Waals surface area (Å²) in [6.45, 7) is 3.74. The maximum Gasteiger partial charge on any atom is 0.255 e. The van der Waals surface area contributed by atoms with Crippen molar-refractivity contribution in [3.05, 3.63) is 100 Å². The van der Waals surface area contributed by atoms with E-state index in [0.29, 0.717) is 11.3 Å². The molecule has 0 aromatic heterocycles. The summed E-state index contributed by atoms with van der Waals surface area (Å²) in [7, 11) is 0. The van der Waals surface area contributed by atoms with Crippen molar-refractivity contribution in [2.75, 3.05) is 11.9 Å². The van der Waals surface area contributed by atoms with Crippen molar-refractivity contribution in [3.8, 4) is 0 Å². The van der Waals surface area contributed by atoms with Crippen LogP contribution >= 0.6 is 0 Å². The van der Waals surface area contributed by atoms with Gasteiger partial charge in [0.25, 0.3) is 5.91 Å². The monoisotopic (exact) mass is 388 g/mol. The second kappa shape index (κ2) is 7.51. The van der Waals surface area contributed by atoms with Crippen molar-refractivity contribution < 1.29 is 14.0 Å². The third-order valence-corrected chi connectivity index (χ3v) is 5.22. The van der Waals surface area contributed by atoms with Crippen LogP contribution in [0.1, 0.15) is 38.7 Å². The molecule has 1 atom stereocenters. The first-order valence-electron chi connectivity index (χ1n) is 9.46. The normalized spacial score (nSPS) is 16.0. The Labute approximate surface area is 169 Å². The van der Waals surface area contributed by atoms with Crippen molar-refractivity contribution in [2.24, 2.45) is 0 Å². The lowest BCUT2D eigenvalue weighted by Crippen LogP contribution is -2.39. The second-order valence-electron chi connectivity index (χ2n) is 7.34. The molecule has 0 spiro atoms. The van der Waals surface area contributed by atoms with E-state index in [9.17, 15) is 14.0 Å².